The van der Waals surface area contributed by atoms with Crippen LogP contribution in [0, 0.1) is 0 Å². The lowest BCUT2D eigenvalue weighted by molar-refractivity contribution is 0.484. The molecule has 0 bridgehead atoms. The van der Waals surface area contributed by atoms with Crippen LogP contribution in [0.3, 0.4) is 0 Å². The van der Waals surface area contributed by atoms with Crippen molar-refractivity contribution >= 4 is 15.9 Å². The highest BCUT2D eigenvalue weighted by atomic mass is 79.9. The number of aromatic nitrogens is 3. The Morgan fingerprint density at radius 1 is 1.32 bits per heavy atom. The summed E-state index contributed by atoms with van der Waals surface area (Å²) in [7, 11) is 0. The monoisotopic (exact) mass is 324 g/mol. The van der Waals surface area contributed by atoms with Crippen molar-refractivity contribution in [3.05, 3.63) is 28.8 Å². The lowest BCUT2D eigenvalue weighted by Crippen LogP contribution is -2.23. The second-order valence-corrected chi connectivity index (χ2v) is 5.52. The van der Waals surface area contributed by atoms with Crippen molar-refractivity contribution < 1.29 is 4.42 Å². The highest BCUT2D eigenvalue weighted by Crippen LogP contribution is 2.20. The summed E-state index contributed by atoms with van der Waals surface area (Å²) in [4.78, 5) is 4.08. The summed E-state index contributed by atoms with van der Waals surface area (Å²) in [6.07, 6.45) is 5.20. The average molecular weight is 325 g/mol. The molecular weight excluding hydrogens is 308 g/mol. The predicted molar refractivity (Wildman–Crippen MR) is 76.7 cm³/mol. The third kappa shape index (κ3) is 4.40. The van der Waals surface area contributed by atoms with Crippen molar-refractivity contribution in [1.82, 2.24) is 20.5 Å². The van der Waals surface area contributed by atoms with Crippen LogP contribution in [-0.2, 0) is 6.42 Å². The Balaban J connectivity index is 1.92. The number of aryl methyl sites for hydroxylation is 1. The number of pyridine rings is 1. The maximum atomic E-state index is 5.62. The SMILES string of the molecule is CC(C)NCCCc1nnc(-c2cncc(Br)c2)o1. The van der Waals surface area contributed by atoms with Gasteiger partial charge in [-0.2, -0.15) is 0 Å². The van der Waals surface area contributed by atoms with Gasteiger partial charge in [-0.15, -0.1) is 10.2 Å². The van der Waals surface area contributed by atoms with E-state index in [4.69, 9.17) is 4.42 Å². The van der Waals surface area contributed by atoms with Gasteiger partial charge in [-0.1, -0.05) is 13.8 Å². The smallest absolute Gasteiger partial charge is 0.249 e. The van der Waals surface area contributed by atoms with Crippen LogP contribution in [0.15, 0.2) is 27.3 Å². The maximum absolute atomic E-state index is 5.62. The third-order valence-electron chi connectivity index (χ3n) is 2.54. The van der Waals surface area contributed by atoms with Gasteiger partial charge in [0.05, 0.1) is 5.56 Å². The fourth-order valence-corrected chi connectivity index (χ4v) is 2.00. The van der Waals surface area contributed by atoms with Crippen molar-refractivity contribution in [1.29, 1.82) is 0 Å². The molecular formula is C13H17BrN4O. The number of hydrogen-bond donors (Lipinski definition) is 1. The second-order valence-electron chi connectivity index (χ2n) is 4.61. The van der Waals surface area contributed by atoms with E-state index < -0.39 is 0 Å². The first kappa shape index (κ1) is 14.1. The van der Waals surface area contributed by atoms with Gasteiger partial charge in [0, 0.05) is 29.3 Å². The molecule has 6 heteroatoms. The quantitative estimate of drug-likeness (QED) is 0.828. The molecule has 19 heavy (non-hydrogen) atoms. The van der Waals surface area contributed by atoms with Gasteiger partial charge in [0.1, 0.15) is 0 Å². The summed E-state index contributed by atoms with van der Waals surface area (Å²) in [5.74, 6) is 1.18. The molecule has 2 heterocycles. The van der Waals surface area contributed by atoms with Crippen LogP contribution < -0.4 is 5.32 Å². The fraction of sp³-hybridized carbons (Fsp3) is 0.462. The summed E-state index contributed by atoms with van der Waals surface area (Å²) in [5.41, 5.74) is 0.827. The van der Waals surface area contributed by atoms with Gasteiger partial charge >= 0.3 is 0 Å². The molecule has 5 nitrogen and oxygen atoms in total. The van der Waals surface area contributed by atoms with E-state index in [1.165, 1.54) is 0 Å². The molecule has 0 radical (unpaired) electrons. The van der Waals surface area contributed by atoms with Crippen LogP contribution in [0.5, 0.6) is 0 Å². The molecule has 2 aromatic rings. The third-order valence-corrected chi connectivity index (χ3v) is 2.97. The molecule has 0 aromatic carbocycles. The van der Waals surface area contributed by atoms with Crippen molar-refractivity contribution in [2.24, 2.45) is 0 Å². The number of halogens is 1. The molecule has 0 aliphatic rings. The molecule has 0 spiro atoms. The normalized spacial score (nSPS) is 11.2. The Kier molecular flexibility index (Phi) is 5.04. The van der Waals surface area contributed by atoms with E-state index in [1.807, 2.05) is 6.07 Å². The first-order valence-corrected chi connectivity index (χ1v) is 7.11. The van der Waals surface area contributed by atoms with Gasteiger partial charge in [-0.3, -0.25) is 4.98 Å². The van der Waals surface area contributed by atoms with Crippen LogP contribution in [0.25, 0.3) is 11.5 Å². The molecule has 0 atom stereocenters. The largest absolute Gasteiger partial charge is 0.421 e. The van der Waals surface area contributed by atoms with Gasteiger partial charge in [-0.05, 0) is 35.0 Å². The van der Waals surface area contributed by atoms with Gasteiger partial charge < -0.3 is 9.73 Å². The second kappa shape index (κ2) is 6.77. The van der Waals surface area contributed by atoms with E-state index in [9.17, 15) is 0 Å². The Bertz CT molecular complexity index is 527. The van der Waals surface area contributed by atoms with Gasteiger partial charge in [0.2, 0.25) is 11.8 Å². The highest BCUT2D eigenvalue weighted by Gasteiger charge is 2.09. The Hall–Kier alpha value is -1.27. The van der Waals surface area contributed by atoms with Gasteiger partial charge in [-0.25, -0.2) is 0 Å². The number of rotatable bonds is 6. The summed E-state index contributed by atoms with van der Waals surface area (Å²) < 4.78 is 6.52. The summed E-state index contributed by atoms with van der Waals surface area (Å²) in [5, 5.41) is 11.5. The van der Waals surface area contributed by atoms with E-state index in [0.717, 1.165) is 29.4 Å². The summed E-state index contributed by atoms with van der Waals surface area (Å²) >= 11 is 3.37. The van der Waals surface area contributed by atoms with Crippen LogP contribution in [0.2, 0.25) is 0 Å². The number of nitrogens with one attached hydrogen (secondary N) is 1. The van der Waals surface area contributed by atoms with Gasteiger partial charge in [0.15, 0.2) is 0 Å². The minimum atomic E-state index is 0.506. The predicted octanol–water partition coefficient (Wildman–Crippen LogP) is 2.82. The summed E-state index contributed by atoms with van der Waals surface area (Å²) in [6.45, 7) is 5.21. The van der Waals surface area contributed by atoms with E-state index in [0.29, 0.717) is 17.8 Å². The molecule has 0 amide bonds. The van der Waals surface area contributed by atoms with E-state index >= 15 is 0 Å². The van der Waals surface area contributed by atoms with Crippen molar-refractivity contribution in [2.75, 3.05) is 6.54 Å². The Morgan fingerprint density at radius 3 is 2.89 bits per heavy atom. The summed E-state index contributed by atoms with van der Waals surface area (Å²) in [6, 6.07) is 2.41. The molecule has 0 saturated heterocycles. The molecule has 102 valence electrons. The molecule has 0 aliphatic heterocycles. The molecule has 0 unspecified atom stereocenters. The first-order valence-electron chi connectivity index (χ1n) is 6.32. The minimum absolute atomic E-state index is 0.506. The van der Waals surface area contributed by atoms with Gasteiger partial charge in [0.25, 0.3) is 0 Å². The Morgan fingerprint density at radius 2 is 2.16 bits per heavy atom. The van der Waals surface area contributed by atoms with Crippen molar-refractivity contribution in [3.63, 3.8) is 0 Å². The lowest BCUT2D eigenvalue weighted by Gasteiger charge is -2.05. The van der Waals surface area contributed by atoms with Crippen molar-refractivity contribution in [2.45, 2.75) is 32.7 Å². The van der Waals surface area contributed by atoms with Crippen LogP contribution in [-0.4, -0.2) is 27.8 Å². The molecule has 0 saturated carbocycles. The zero-order valence-electron chi connectivity index (χ0n) is 11.1. The molecule has 1 N–H and O–H groups in total. The lowest BCUT2D eigenvalue weighted by atomic mass is 10.3. The fourth-order valence-electron chi connectivity index (χ4n) is 1.63. The molecule has 0 aliphatic carbocycles. The molecule has 0 fully saturated rings. The average Bonchev–Trinajstić information content (AvgIpc) is 2.83. The first-order chi connectivity index (χ1) is 9.15. The van der Waals surface area contributed by atoms with Crippen LogP contribution in [0.1, 0.15) is 26.2 Å². The number of nitrogens with zero attached hydrogens (tertiary/aromatic N) is 3. The molecule has 2 aromatic heterocycles. The highest BCUT2D eigenvalue weighted by molar-refractivity contribution is 9.10. The number of hydrogen-bond acceptors (Lipinski definition) is 5. The molecule has 2 rings (SSSR count). The zero-order valence-corrected chi connectivity index (χ0v) is 12.6. The standard InChI is InChI=1S/C13H17BrN4O/c1-9(2)16-5-3-4-12-17-18-13(19-12)10-6-11(14)8-15-7-10/h6-9,16H,3-5H2,1-2H3. The van der Waals surface area contributed by atoms with E-state index in [-0.39, 0.29) is 0 Å². The minimum Gasteiger partial charge on any atom is -0.421 e. The zero-order chi connectivity index (χ0) is 13.7. The topological polar surface area (TPSA) is 63.8 Å². The van der Waals surface area contributed by atoms with Crippen LogP contribution in [0.4, 0.5) is 0 Å². The van der Waals surface area contributed by atoms with Crippen molar-refractivity contribution in [3.8, 4) is 11.5 Å². The maximum Gasteiger partial charge on any atom is 0.249 e. The van der Waals surface area contributed by atoms with E-state index in [1.54, 1.807) is 12.4 Å². The van der Waals surface area contributed by atoms with E-state index in [2.05, 4.69) is 50.3 Å². The Labute approximate surface area is 121 Å². The van der Waals surface area contributed by atoms with Crippen LogP contribution >= 0.6 is 15.9 Å².